The molecule has 0 nitrogen and oxygen atoms in total. The van der Waals surface area contributed by atoms with E-state index in [1.165, 1.54) is 69.8 Å². The first-order valence-electron chi connectivity index (χ1n) is 11.1. The van der Waals surface area contributed by atoms with Crippen molar-refractivity contribution in [2.75, 3.05) is 0 Å². The van der Waals surface area contributed by atoms with E-state index >= 15 is 0 Å². The zero-order chi connectivity index (χ0) is 17.7. The summed E-state index contributed by atoms with van der Waals surface area (Å²) in [7, 11) is 0. The molecule has 0 aromatic carbocycles. The highest BCUT2D eigenvalue weighted by atomic mass is 14.4. The molecular formula is C24H44. The molecule has 0 heteroatoms. The Morgan fingerprint density at radius 2 is 1.75 bits per heavy atom. The zero-order valence-corrected chi connectivity index (χ0v) is 17.3. The van der Waals surface area contributed by atoms with Crippen molar-refractivity contribution >= 4 is 0 Å². The number of hydrogen-bond donors (Lipinski definition) is 0. The van der Waals surface area contributed by atoms with Gasteiger partial charge in [0.25, 0.3) is 0 Å². The van der Waals surface area contributed by atoms with Crippen LogP contribution >= 0.6 is 0 Å². The molecule has 0 spiro atoms. The average molecular weight is 333 g/mol. The maximum Gasteiger partial charge on any atom is -0.0180 e. The fraction of sp³-hybridized carbons (Fsp3) is 0.917. The van der Waals surface area contributed by atoms with Crippen molar-refractivity contribution in [2.24, 2.45) is 41.4 Å². The Kier molecular flexibility index (Phi) is 7.89. The summed E-state index contributed by atoms with van der Waals surface area (Å²) in [5.74, 6) is 6.46. The third kappa shape index (κ3) is 4.89. The molecule has 0 amide bonds. The molecule has 0 saturated heterocycles. The summed E-state index contributed by atoms with van der Waals surface area (Å²) >= 11 is 0. The Balaban J connectivity index is 2.00. The first-order chi connectivity index (χ1) is 11.5. The lowest BCUT2D eigenvalue weighted by Crippen LogP contribution is -2.27. The van der Waals surface area contributed by atoms with Crippen LogP contribution in [0.1, 0.15) is 98.8 Å². The molecule has 2 aliphatic rings. The van der Waals surface area contributed by atoms with Gasteiger partial charge in [0.2, 0.25) is 0 Å². The van der Waals surface area contributed by atoms with E-state index < -0.39 is 0 Å². The van der Waals surface area contributed by atoms with E-state index in [0.29, 0.717) is 0 Å². The Morgan fingerprint density at radius 3 is 2.33 bits per heavy atom. The minimum Gasteiger partial charge on any atom is -0.0999 e. The smallest absolute Gasteiger partial charge is 0.0180 e. The minimum absolute atomic E-state index is 0.792. The van der Waals surface area contributed by atoms with Crippen LogP contribution in [0.2, 0.25) is 0 Å². The van der Waals surface area contributed by atoms with Crippen LogP contribution in [-0.2, 0) is 0 Å². The predicted molar refractivity (Wildman–Crippen MR) is 108 cm³/mol. The summed E-state index contributed by atoms with van der Waals surface area (Å²) in [4.78, 5) is 0. The van der Waals surface area contributed by atoms with Gasteiger partial charge in [-0.1, -0.05) is 78.4 Å². The molecular weight excluding hydrogens is 288 g/mol. The van der Waals surface area contributed by atoms with E-state index in [-0.39, 0.29) is 0 Å². The maximum atomic E-state index is 4.29. The lowest BCUT2D eigenvalue weighted by Gasteiger charge is -2.36. The van der Waals surface area contributed by atoms with Crippen LogP contribution in [0.5, 0.6) is 0 Å². The number of rotatable bonds is 8. The van der Waals surface area contributed by atoms with Gasteiger partial charge >= 0.3 is 0 Å². The van der Waals surface area contributed by atoms with E-state index in [0.717, 1.165) is 41.4 Å². The zero-order valence-electron chi connectivity index (χ0n) is 17.3. The van der Waals surface area contributed by atoms with Gasteiger partial charge in [0.15, 0.2) is 0 Å². The molecule has 2 rings (SSSR count). The summed E-state index contributed by atoms with van der Waals surface area (Å²) in [5, 5.41) is 0. The summed E-state index contributed by atoms with van der Waals surface area (Å²) in [6, 6.07) is 0. The Labute approximate surface area is 152 Å². The molecule has 0 N–H and O–H groups in total. The third-order valence-corrected chi connectivity index (χ3v) is 7.94. The normalized spacial score (nSPS) is 36.5. The fourth-order valence-electron chi connectivity index (χ4n) is 6.31. The van der Waals surface area contributed by atoms with Crippen molar-refractivity contribution < 1.29 is 0 Å². The van der Waals surface area contributed by atoms with Crippen molar-refractivity contribution in [1.29, 1.82) is 0 Å². The van der Waals surface area contributed by atoms with E-state index in [2.05, 4.69) is 41.2 Å². The second kappa shape index (κ2) is 9.44. The van der Waals surface area contributed by atoms with Gasteiger partial charge < -0.3 is 0 Å². The first-order valence-corrected chi connectivity index (χ1v) is 11.1. The topological polar surface area (TPSA) is 0 Å². The van der Waals surface area contributed by atoms with Gasteiger partial charge in [-0.3, -0.25) is 0 Å². The van der Waals surface area contributed by atoms with Gasteiger partial charge in [-0.15, -0.1) is 0 Å². The molecule has 0 heterocycles. The molecule has 2 fully saturated rings. The predicted octanol–water partition coefficient (Wildman–Crippen LogP) is 7.88. The van der Waals surface area contributed by atoms with Crippen molar-refractivity contribution in [2.45, 2.75) is 98.8 Å². The van der Waals surface area contributed by atoms with Crippen LogP contribution in [0, 0.1) is 41.4 Å². The molecule has 0 aliphatic heterocycles. The summed E-state index contributed by atoms with van der Waals surface area (Å²) in [6.07, 6.45) is 14.6. The molecule has 0 bridgehead atoms. The standard InChI is InChI=1S/C24H44/c1-7-10-19(5)23(14-13-21-12-9-8-11-18(21)4)24-16-15-22(17(2)3)20(24)6/h18-24H,2,7-16H2,1,3-6H3. The molecule has 7 atom stereocenters. The van der Waals surface area contributed by atoms with Crippen LogP contribution in [0.15, 0.2) is 12.2 Å². The highest BCUT2D eigenvalue weighted by Crippen LogP contribution is 2.48. The van der Waals surface area contributed by atoms with Crippen molar-refractivity contribution in [1.82, 2.24) is 0 Å². The number of hydrogen-bond acceptors (Lipinski definition) is 0. The molecule has 0 aromatic rings. The molecule has 7 unspecified atom stereocenters. The minimum atomic E-state index is 0.792. The largest absolute Gasteiger partial charge is 0.0999 e. The lowest BCUT2D eigenvalue weighted by atomic mass is 9.69. The van der Waals surface area contributed by atoms with Gasteiger partial charge in [-0.25, -0.2) is 0 Å². The summed E-state index contributed by atoms with van der Waals surface area (Å²) in [5.41, 5.74) is 1.44. The number of allylic oxidation sites excluding steroid dienone is 1. The highest BCUT2D eigenvalue weighted by Gasteiger charge is 2.39. The van der Waals surface area contributed by atoms with Crippen molar-refractivity contribution in [3.8, 4) is 0 Å². The van der Waals surface area contributed by atoms with Crippen LogP contribution in [-0.4, -0.2) is 0 Å². The second-order valence-corrected chi connectivity index (χ2v) is 9.58. The van der Waals surface area contributed by atoms with Crippen LogP contribution in [0.25, 0.3) is 0 Å². The van der Waals surface area contributed by atoms with Gasteiger partial charge in [0.1, 0.15) is 0 Å². The fourth-order valence-corrected chi connectivity index (χ4v) is 6.31. The molecule has 0 aromatic heterocycles. The quantitative estimate of drug-likeness (QED) is 0.396. The molecule has 0 radical (unpaired) electrons. The lowest BCUT2D eigenvalue weighted by molar-refractivity contribution is 0.143. The van der Waals surface area contributed by atoms with Crippen molar-refractivity contribution in [3.63, 3.8) is 0 Å². The van der Waals surface area contributed by atoms with Crippen LogP contribution in [0.4, 0.5) is 0 Å². The van der Waals surface area contributed by atoms with Crippen molar-refractivity contribution in [3.05, 3.63) is 12.2 Å². The Bertz CT molecular complexity index is 381. The monoisotopic (exact) mass is 332 g/mol. The van der Waals surface area contributed by atoms with Gasteiger partial charge in [-0.05, 0) is 74.0 Å². The van der Waals surface area contributed by atoms with Gasteiger partial charge in [0.05, 0.1) is 0 Å². The highest BCUT2D eigenvalue weighted by molar-refractivity contribution is 5.04. The SMILES string of the molecule is C=C(C)C1CCC(C(CCC2CCCCC2C)C(C)CCC)C1C. The molecule has 24 heavy (non-hydrogen) atoms. The van der Waals surface area contributed by atoms with Crippen LogP contribution < -0.4 is 0 Å². The first kappa shape index (κ1) is 20.1. The van der Waals surface area contributed by atoms with E-state index in [9.17, 15) is 0 Å². The Hall–Kier alpha value is -0.260. The van der Waals surface area contributed by atoms with Crippen LogP contribution in [0.3, 0.4) is 0 Å². The Morgan fingerprint density at radius 1 is 1.04 bits per heavy atom. The maximum absolute atomic E-state index is 4.29. The van der Waals surface area contributed by atoms with Gasteiger partial charge in [-0.2, -0.15) is 0 Å². The van der Waals surface area contributed by atoms with Gasteiger partial charge in [0, 0.05) is 0 Å². The molecule has 140 valence electrons. The van der Waals surface area contributed by atoms with E-state index in [1.807, 2.05) is 0 Å². The van der Waals surface area contributed by atoms with E-state index in [4.69, 9.17) is 0 Å². The van der Waals surface area contributed by atoms with E-state index in [1.54, 1.807) is 0 Å². The summed E-state index contributed by atoms with van der Waals surface area (Å²) < 4.78 is 0. The molecule has 2 saturated carbocycles. The average Bonchev–Trinajstić information content (AvgIpc) is 2.91. The summed E-state index contributed by atoms with van der Waals surface area (Å²) in [6.45, 7) is 16.5. The molecule has 2 aliphatic carbocycles. The third-order valence-electron chi connectivity index (χ3n) is 7.94. The second-order valence-electron chi connectivity index (χ2n) is 9.58.